The maximum atomic E-state index is 5.26. The van der Waals surface area contributed by atoms with Gasteiger partial charge in [0, 0.05) is 6.07 Å². The molecule has 0 aromatic carbocycles. The SMILES string of the molecule is CCCC(C)CNCc1cc(C(C)C)no1. The molecule has 0 spiro atoms. The molecule has 1 atom stereocenters. The summed E-state index contributed by atoms with van der Waals surface area (Å²) in [5.41, 5.74) is 1.04. The Morgan fingerprint density at radius 2 is 2.12 bits per heavy atom. The molecule has 1 rings (SSSR count). The first-order valence-corrected chi connectivity index (χ1v) is 6.29. The number of nitrogens with zero attached hydrogens (tertiary/aromatic N) is 1. The molecule has 1 aromatic rings. The van der Waals surface area contributed by atoms with Crippen LogP contribution < -0.4 is 5.32 Å². The van der Waals surface area contributed by atoms with Gasteiger partial charge in [0.25, 0.3) is 0 Å². The topological polar surface area (TPSA) is 38.1 Å². The van der Waals surface area contributed by atoms with Gasteiger partial charge in [0.2, 0.25) is 0 Å². The summed E-state index contributed by atoms with van der Waals surface area (Å²) in [6, 6.07) is 2.04. The van der Waals surface area contributed by atoms with Gasteiger partial charge in [0.05, 0.1) is 12.2 Å². The summed E-state index contributed by atoms with van der Waals surface area (Å²) in [6.07, 6.45) is 2.53. The Hall–Kier alpha value is -0.830. The van der Waals surface area contributed by atoms with Gasteiger partial charge in [-0.15, -0.1) is 0 Å². The second kappa shape index (κ2) is 6.69. The number of rotatable bonds is 7. The number of hydrogen-bond acceptors (Lipinski definition) is 3. The van der Waals surface area contributed by atoms with Gasteiger partial charge >= 0.3 is 0 Å². The van der Waals surface area contributed by atoms with Gasteiger partial charge in [-0.3, -0.25) is 0 Å². The minimum atomic E-state index is 0.441. The first-order valence-electron chi connectivity index (χ1n) is 6.29. The Morgan fingerprint density at radius 3 is 2.69 bits per heavy atom. The highest BCUT2D eigenvalue weighted by Gasteiger charge is 2.07. The van der Waals surface area contributed by atoms with Crippen LogP contribution in [0, 0.1) is 5.92 Å². The molecule has 0 aliphatic heterocycles. The zero-order chi connectivity index (χ0) is 12.0. The van der Waals surface area contributed by atoms with Crippen molar-refractivity contribution in [2.24, 2.45) is 5.92 Å². The summed E-state index contributed by atoms with van der Waals surface area (Å²) in [5.74, 6) is 2.11. The minimum absolute atomic E-state index is 0.441. The van der Waals surface area contributed by atoms with E-state index in [0.29, 0.717) is 5.92 Å². The zero-order valence-electron chi connectivity index (χ0n) is 10.9. The fourth-order valence-corrected chi connectivity index (χ4v) is 1.72. The van der Waals surface area contributed by atoms with Gasteiger partial charge in [-0.05, 0) is 24.8 Å². The highest BCUT2D eigenvalue weighted by Crippen LogP contribution is 2.13. The third-order valence-electron chi connectivity index (χ3n) is 2.74. The molecule has 3 heteroatoms. The Balaban J connectivity index is 2.26. The number of nitrogens with one attached hydrogen (secondary N) is 1. The van der Waals surface area contributed by atoms with E-state index in [-0.39, 0.29) is 0 Å². The first-order chi connectivity index (χ1) is 7.63. The van der Waals surface area contributed by atoms with Crippen molar-refractivity contribution in [2.75, 3.05) is 6.54 Å². The fraction of sp³-hybridized carbons (Fsp3) is 0.769. The van der Waals surface area contributed by atoms with E-state index in [1.807, 2.05) is 6.07 Å². The lowest BCUT2D eigenvalue weighted by Crippen LogP contribution is -2.20. The number of aromatic nitrogens is 1. The lowest BCUT2D eigenvalue weighted by Gasteiger charge is -2.09. The van der Waals surface area contributed by atoms with Crippen LogP contribution in [0.4, 0.5) is 0 Å². The summed E-state index contributed by atoms with van der Waals surface area (Å²) in [5, 5.41) is 7.44. The predicted molar refractivity (Wildman–Crippen MR) is 66.4 cm³/mol. The Morgan fingerprint density at radius 1 is 1.38 bits per heavy atom. The molecule has 16 heavy (non-hydrogen) atoms. The quantitative estimate of drug-likeness (QED) is 0.772. The molecular weight excluding hydrogens is 200 g/mol. The van der Waals surface area contributed by atoms with Gasteiger partial charge in [0.15, 0.2) is 5.76 Å². The summed E-state index contributed by atoms with van der Waals surface area (Å²) in [7, 11) is 0. The van der Waals surface area contributed by atoms with Crippen LogP contribution in [-0.2, 0) is 6.54 Å². The fourth-order valence-electron chi connectivity index (χ4n) is 1.72. The minimum Gasteiger partial charge on any atom is -0.360 e. The molecular formula is C13H24N2O. The average Bonchev–Trinajstić information content (AvgIpc) is 2.67. The monoisotopic (exact) mass is 224 g/mol. The molecule has 0 radical (unpaired) electrons. The molecule has 1 unspecified atom stereocenters. The van der Waals surface area contributed by atoms with E-state index in [1.54, 1.807) is 0 Å². The van der Waals surface area contributed by atoms with Crippen molar-refractivity contribution in [2.45, 2.75) is 53.0 Å². The van der Waals surface area contributed by atoms with E-state index in [1.165, 1.54) is 12.8 Å². The van der Waals surface area contributed by atoms with Crippen molar-refractivity contribution in [3.05, 3.63) is 17.5 Å². The molecule has 0 aliphatic carbocycles. The van der Waals surface area contributed by atoms with Gasteiger partial charge in [-0.2, -0.15) is 0 Å². The zero-order valence-corrected chi connectivity index (χ0v) is 10.9. The molecule has 0 saturated heterocycles. The van der Waals surface area contributed by atoms with Crippen molar-refractivity contribution in [3.8, 4) is 0 Å². The largest absolute Gasteiger partial charge is 0.360 e. The van der Waals surface area contributed by atoms with Crippen molar-refractivity contribution >= 4 is 0 Å². The normalized spacial score (nSPS) is 13.3. The van der Waals surface area contributed by atoms with Gasteiger partial charge in [0.1, 0.15) is 0 Å². The van der Waals surface area contributed by atoms with Crippen LogP contribution >= 0.6 is 0 Å². The second-order valence-corrected chi connectivity index (χ2v) is 4.90. The van der Waals surface area contributed by atoms with Crippen LogP contribution in [0.15, 0.2) is 10.6 Å². The first kappa shape index (κ1) is 13.2. The summed E-state index contributed by atoms with van der Waals surface area (Å²) < 4.78 is 5.26. The molecule has 0 saturated carbocycles. The molecule has 0 bridgehead atoms. The highest BCUT2D eigenvalue weighted by atomic mass is 16.5. The molecule has 1 aromatic heterocycles. The molecule has 0 aliphatic rings. The van der Waals surface area contributed by atoms with Crippen LogP contribution in [-0.4, -0.2) is 11.7 Å². The third-order valence-corrected chi connectivity index (χ3v) is 2.74. The molecule has 1 N–H and O–H groups in total. The van der Waals surface area contributed by atoms with Gasteiger partial charge in [-0.1, -0.05) is 39.3 Å². The van der Waals surface area contributed by atoms with E-state index in [2.05, 4.69) is 38.2 Å². The Kier molecular flexibility index (Phi) is 5.53. The van der Waals surface area contributed by atoms with Crippen molar-refractivity contribution < 1.29 is 4.52 Å². The van der Waals surface area contributed by atoms with E-state index in [9.17, 15) is 0 Å². The smallest absolute Gasteiger partial charge is 0.150 e. The third kappa shape index (κ3) is 4.35. The van der Waals surface area contributed by atoms with Crippen molar-refractivity contribution in [3.63, 3.8) is 0 Å². The second-order valence-electron chi connectivity index (χ2n) is 4.90. The lowest BCUT2D eigenvalue weighted by molar-refractivity contribution is 0.359. The van der Waals surface area contributed by atoms with Crippen LogP contribution in [0.2, 0.25) is 0 Å². The van der Waals surface area contributed by atoms with Crippen molar-refractivity contribution in [1.82, 2.24) is 10.5 Å². The van der Waals surface area contributed by atoms with E-state index < -0.39 is 0 Å². The van der Waals surface area contributed by atoms with Crippen LogP contribution in [0.25, 0.3) is 0 Å². The molecule has 92 valence electrons. The van der Waals surface area contributed by atoms with Crippen molar-refractivity contribution in [1.29, 1.82) is 0 Å². The van der Waals surface area contributed by atoms with E-state index >= 15 is 0 Å². The molecule has 3 nitrogen and oxygen atoms in total. The highest BCUT2D eigenvalue weighted by molar-refractivity contribution is 5.08. The Bertz CT molecular complexity index is 294. The van der Waals surface area contributed by atoms with Crippen LogP contribution in [0.3, 0.4) is 0 Å². The molecule has 1 heterocycles. The van der Waals surface area contributed by atoms with Crippen LogP contribution in [0.1, 0.15) is 57.9 Å². The maximum Gasteiger partial charge on any atom is 0.150 e. The molecule has 0 fully saturated rings. The summed E-state index contributed by atoms with van der Waals surface area (Å²) in [4.78, 5) is 0. The maximum absolute atomic E-state index is 5.26. The van der Waals surface area contributed by atoms with Gasteiger partial charge in [-0.25, -0.2) is 0 Å². The standard InChI is InChI=1S/C13H24N2O/c1-5-6-11(4)8-14-9-12-7-13(10(2)3)15-16-12/h7,10-11,14H,5-6,8-9H2,1-4H3. The average molecular weight is 224 g/mol. The summed E-state index contributed by atoms with van der Waals surface area (Å²) in [6.45, 7) is 10.6. The molecule has 0 amide bonds. The lowest BCUT2D eigenvalue weighted by atomic mass is 10.1. The summed E-state index contributed by atoms with van der Waals surface area (Å²) >= 11 is 0. The van der Waals surface area contributed by atoms with Gasteiger partial charge < -0.3 is 9.84 Å². The predicted octanol–water partition coefficient (Wildman–Crippen LogP) is 3.32. The van der Waals surface area contributed by atoms with E-state index in [0.717, 1.165) is 30.5 Å². The van der Waals surface area contributed by atoms with Crippen LogP contribution in [0.5, 0.6) is 0 Å². The number of hydrogen-bond donors (Lipinski definition) is 1. The Labute approximate surface area is 98.6 Å². The van der Waals surface area contributed by atoms with E-state index in [4.69, 9.17) is 4.52 Å².